The van der Waals surface area contributed by atoms with E-state index < -0.39 is 0 Å². The van der Waals surface area contributed by atoms with Crippen molar-refractivity contribution in [2.24, 2.45) is 0 Å². The molecule has 2 rings (SSSR count). The largest absolute Gasteiger partial charge is 0.456 e. The van der Waals surface area contributed by atoms with Crippen molar-refractivity contribution in [1.82, 2.24) is 0 Å². The highest BCUT2D eigenvalue weighted by Crippen LogP contribution is 2.32. The van der Waals surface area contributed by atoms with Crippen molar-refractivity contribution < 1.29 is 4.74 Å². The number of nitrogens with zero attached hydrogens (tertiary/aromatic N) is 1. The fourth-order valence-electron chi connectivity index (χ4n) is 1.38. The number of hydrogen-bond acceptors (Lipinski definition) is 3. The van der Waals surface area contributed by atoms with E-state index in [1.165, 1.54) is 0 Å². The third-order valence-corrected chi connectivity index (χ3v) is 3.12. The Bertz CT molecular complexity index is 637. The van der Waals surface area contributed by atoms with Crippen molar-refractivity contribution >= 4 is 33.2 Å². The zero-order valence-electron chi connectivity index (χ0n) is 9.15. The molecule has 2 aromatic rings. The molecule has 0 saturated carbocycles. The van der Waals surface area contributed by atoms with Crippen molar-refractivity contribution in [3.63, 3.8) is 0 Å². The van der Waals surface area contributed by atoms with Crippen molar-refractivity contribution in [1.29, 1.82) is 5.26 Å². The maximum absolute atomic E-state index is 8.89. The van der Waals surface area contributed by atoms with E-state index in [9.17, 15) is 0 Å². The van der Waals surface area contributed by atoms with Crippen LogP contribution in [0.25, 0.3) is 0 Å². The average molecular weight is 324 g/mol. The van der Waals surface area contributed by atoms with Gasteiger partial charge in [0.15, 0.2) is 0 Å². The molecule has 5 heteroatoms. The highest BCUT2D eigenvalue weighted by atomic mass is 79.9. The first-order valence-corrected chi connectivity index (χ1v) is 6.20. The summed E-state index contributed by atoms with van der Waals surface area (Å²) in [6.45, 7) is 0. The SMILES string of the molecule is N#Cc1cc(Oc2ccc(Cl)cc2Br)ccc1N. The molecule has 0 spiro atoms. The summed E-state index contributed by atoms with van der Waals surface area (Å²) < 4.78 is 6.39. The highest BCUT2D eigenvalue weighted by molar-refractivity contribution is 9.10. The molecule has 0 heterocycles. The quantitative estimate of drug-likeness (QED) is 0.836. The first kappa shape index (κ1) is 12.7. The predicted octanol–water partition coefficient (Wildman–Crippen LogP) is 4.35. The second-order valence-corrected chi connectivity index (χ2v) is 4.83. The van der Waals surface area contributed by atoms with Crippen LogP contribution in [0.2, 0.25) is 5.02 Å². The lowest BCUT2D eigenvalue weighted by Crippen LogP contribution is -1.92. The molecule has 0 aliphatic carbocycles. The number of halogens is 2. The van der Waals surface area contributed by atoms with Crippen LogP contribution in [-0.2, 0) is 0 Å². The summed E-state index contributed by atoms with van der Waals surface area (Å²) in [7, 11) is 0. The van der Waals surface area contributed by atoms with Crippen LogP contribution in [0.5, 0.6) is 11.5 Å². The number of ether oxygens (including phenoxy) is 1. The summed E-state index contributed by atoms with van der Waals surface area (Å²) >= 11 is 9.20. The van der Waals surface area contributed by atoms with Gasteiger partial charge < -0.3 is 10.5 Å². The fraction of sp³-hybridized carbons (Fsp3) is 0. The minimum atomic E-state index is 0.387. The Kier molecular flexibility index (Phi) is 3.75. The lowest BCUT2D eigenvalue weighted by atomic mass is 10.2. The summed E-state index contributed by atoms with van der Waals surface area (Å²) in [5.74, 6) is 1.16. The van der Waals surface area contributed by atoms with Crippen LogP contribution in [-0.4, -0.2) is 0 Å². The Labute approximate surface area is 118 Å². The Hall–Kier alpha value is -1.70. The van der Waals surface area contributed by atoms with E-state index in [1.54, 1.807) is 36.4 Å². The number of benzene rings is 2. The molecule has 2 aromatic carbocycles. The van der Waals surface area contributed by atoms with Gasteiger partial charge in [0.2, 0.25) is 0 Å². The molecule has 0 radical (unpaired) electrons. The van der Waals surface area contributed by atoms with Crippen LogP contribution in [0.15, 0.2) is 40.9 Å². The molecular formula is C13H8BrClN2O. The zero-order valence-corrected chi connectivity index (χ0v) is 11.5. The van der Waals surface area contributed by atoms with E-state index in [0.29, 0.717) is 27.8 Å². The molecule has 90 valence electrons. The van der Waals surface area contributed by atoms with Crippen molar-refractivity contribution in [3.8, 4) is 17.6 Å². The zero-order chi connectivity index (χ0) is 13.1. The van der Waals surface area contributed by atoms with Gasteiger partial charge in [-0.05, 0) is 46.3 Å². The first-order valence-electron chi connectivity index (χ1n) is 5.02. The van der Waals surface area contributed by atoms with Gasteiger partial charge in [-0.2, -0.15) is 5.26 Å². The number of rotatable bonds is 2. The van der Waals surface area contributed by atoms with Gasteiger partial charge in [-0.1, -0.05) is 11.6 Å². The molecule has 18 heavy (non-hydrogen) atoms. The first-order chi connectivity index (χ1) is 8.60. The number of nitrogen functional groups attached to an aromatic ring is 1. The monoisotopic (exact) mass is 322 g/mol. The molecule has 2 N–H and O–H groups in total. The summed E-state index contributed by atoms with van der Waals surface area (Å²) in [5.41, 5.74) is 6.46. The minimum absolute atomic E-state index is 0.387. The van der Waals surface area contributed by atoms with Crippen LogP contribution >= 0.6 is 27.5 Å². The average Bonchev–Trinajstić information content (AvgIpc) is 2.35. The molecule has 0 bridgehead atoms. The van der Waals surface area contributed by atoms with Gasteiger partial charge in [-0.25, -0.2) is 0 Å². The Balaban J connectivity index is 2.32. The van der Waals surface area contributed by atoms with Crippen molar-refractivity contribution in [2.45, 2.75) is 0 Å². The standard InChI is InChI=1S/C13H8BrClN2O/c14-11-6-9(15)1-4-13(11)18-10-2-3-12(17)8(5-10)7-16/h1-6H,17H2. The minimum Gasteiger partial charge on any atom is -0.456 e. The number of nitriles is 1. The molecule has 0 unspecified atom stereocenters. The van der Waals surface area contributed by atoms with Gasteiger partial charge in [0, 0.05) is 16.8 Å². The van der Waals surface area contributed by atoms with Gasteiger partial charge in [0.1, 0.15) is 17.6 Å². The number of anilines is 1. The summed E-state index contributed by atoms with van der Waals surface area (Å²) in [6, 6.07) is 12.1. The van der Waals surface area contributed by atoms with E-state index in [-0.39, 0.29) is 0 Å². The van der Waals surface area contributed by atoms with E-state index in [0.717, 1.165) is 4.47 Å². The molecule has 0 saturated heterocycles. The number of nitrogens with two attached hydrogens (primary N) is 1. The molecular weight excluding hydrogens is 316 g/mol. The van der Waals surface area contributed by atoms with Crippen LogP contribution in [0.4, 0.5) is 5.69 Å². The Morgan fingerprint density at radius 2 is 2.00 bits per heavy atom. The van der Waals surface area contributed by atoms with E-state index in [4.69, 9.17) is 27.3 Å². The topological polar surface area (TPSA) is 59.0 Å². The second kappa shape index (κ2) is 5.30. The molecule has 0 atom stereocenters. The maximum Gasteiger partial charge on any atom is 0.141 e. The summed E-state index contributed by atoms with van der Waals surface area (Å²) in [5, 5.41) is 9.50. The van der Waals surface area contributed by atoms with E-state index in [2.05, 4.69) is 15.9 Å². The normalized spacial score (nSPS) is 9.83. The molecule has 0 aliphatic heterocycles. The van der Waals surface area contributed by atoms with Gasteiger partial charge in [-0.15, -0.1) is 0 Å². The Morgan fingerprint density at radius 3 is 2.67 bits per heavy atom. The molecule has 0 aromatic heterocycles. The van der Waals surface area contributed by atoms with Crippen molar-refractivity contribution in [3.05, 3.63) is 51.5 Å². The van der Waals surface area contributed by atoms with E-state index >= 15 is 0 Å². The van der Waals surface area contributed by atoms with Crippen LogP contribution < -0.4 is 10.5 Å². The van der Waals surface area contributed by atoms with Crippen molar-refractivity contribution in [2.75, 3.05) is 5.73 Å². The summed E-state index contributed by atoms with van der Waals surface area (Å²) in [6.07, 6.45) is 0. The van der Waals surface area contributed by atoms with Gasteiger partial charge in [-0.3, -0.25) is 0 Å². The molecule has 0 amide bonds. The third kappa shape index (κ3) is 2.76. The lowest BCUT2D eigenvalue weighted by Gasteiger charge is -2.08. The van der Waals surface area contributed by atoms with Crippen LogP contribution in [0.3, 0.4) is 0 Å². The number of hydrogen-bond donors (Lipinski definition) is 1. The smallest absolute Gasteiger partial charge is 0.141 e. The second-order valence-electron chi connectivity index (χ2n) is 3.54. The molecule has 3 nitrogen and oxygen atoms in total. The molecule has 0 fully saturated rings. The van der Waals surface area contributed by atoms with Gasteiger partial charge in [0.05, 0.1) is 10.0 Å². The van der Waals surface area contributed by atoms with E-state index in [1.807, 2.05) is 6.07 Å². The third-order valence-electron chi connectivity index (χ3n) is 2.27. The van der Waals surface area contributed by atoms with Crippen LogP contribution in [0, 0.1) is 11.3 Å². The summed E-state index contributed by atoms with van der Waals surface area (Å²) in [4.78, 5) is 0. The van der Waals surface area contributed by atoms with Crippen LogP contribution in [0.1, 0.15) is 5.56 Å². The maximum atomic E-state index is 8.89. The molecule has 0 aliphatic rings. The Morgan fingerprint density at radius 1 is 1.22 bits per heavy atom. The fourth-order valence-corrected chi connectivity index (χ4v) is 2.14. The highest BCUT2D eigenvalue weighted by Gasteiger charge is 2.06. The lowest BCUT2D eigenvalue weighted by molar-refractivity contribution is 0.479. The van der Waals surface area contributed by atoms with Gasteiger partial charge in [0.25, 0.3) is 0 Å². The predicted molar refractivity (Wildman–Crippen MR) is 74.8 cm³/mol. The van der Waals surface area contributed by atoms with Gasteiger partial charge >= 0.3 is 0 Å².